The van der Waals surface area contributed by atoms with Gasteiger partial charge in [0, 0.05) is 45.0 Å². The predicted octanol–water partition coefficient (Wildman–Crippen LogP) is 3.61. The van der Waals surface area contributed by atoms with Gasteiger partial charge in [-0.1, -0.05) is 18.2 Å². The zero-order valence-electron chi connectivity index (χ0n) is 15.3. The minimum absolute atomic E-state index is 0.135. The molecule has 2 N–H and O–H groups in total. The van der Waals surface area contributed by atoms with Gasteiger partial charge in [-0.3, -0.25) is 9.80 Å². The highest BCUT2D eigenvalue weighted by molar-refractivity contribution is 5.46. The summed E-state index contributed by atoms with van der Waals surface area (Å²) in [6.07, 6.45) is -4.39. The monoisotopic (exact) mass is 379 g/mol. The second-order valence-electron chi connectivity index (χ2n) is 6.81. The summed E-state index contributed by atoms with van der Waals surface area (Å²) in [6, 6.07) is 12.0. The lowest BCUT2D eigenvalue weighted by atomic mass is 10.0. The maximum atomic E-state index is 13.2. The van der Waals surface area contributed by atoms with Crippen molar-refractivity contribution in [2.45, 2.75) is 19.3 Å². The predicted molar refractivity (Wildman–Crippen MR) is 99.4 cm³/mol. The van der Waals surface area contributed by atoms with Crippen LogP contribution < -0.4 is 10.5 Å². The molecule has 0 aromatic heterocycles. The Morgan fingerprint density at radius 1 is 0.926 bits per heavy atom. The molecule has 1 aliphatic rings. The van der Waals surface area contributed by atoms with Crippen molar-refractivity contribution in [2.75, 3.05) is 39.0 Å². The van der Waals surface area contributed by atoms with Gasteiger partial charge in [-0.25, -0.2) is 0 Å². The number of anilines is 1. The van der Waals surface area contributed by atoms with Crippen LogP contribution in [0.2, 0.25) is 0 Å². The average molecular weight is 379 g/mol. The molecule has 2 aromatic rings. The molecule has 1 saturated heterocycles. The van der Waals surface area contributed by atoms with E-state index in [1.165, 1.54) is 17.7 Å². The molecule has 0 saturated carbocycles. The first-order valence-corrected chi connectivity index (χ1v) is 8.88. The molecule has 1 aliphatic heterocycles. The normalized spacial score (nSPS) is 16.4. The lowest BCUT2D eigenvalue weighted by Crippen LogP contribution is -2.45. The summed E-state index contributed by atoms with van der Waals surface area (Å²) in [5.41, 5.74) is 6.51. The van der Waals surface area contributed by atoms with E-state index in [4.69, 9.17) is 10.5 Å². The summed E-state index contributed by atoms with van der Waals surface area (Å²) in [5, 5.41) is 0. The fraction of sp³-hybridized carbons (Fsp3) is 0.400. The van der Waals surface area contributed by atoms with Gasteiger partial charge in [0.25, 0.3) is 0 Å². The maximum Gasteiger partial charge on any atom is 0.416 e. The third-order valence-electron chi connectivity index (χ3n) is 4.86. The Hall–Kier alpha value is -2.25. The Bertz CT molecular complexity index is 754. The minimum atomic E-state index is -4.39. The van der Waals surface area contributed by atoms with Crippen LogP contribution >= 0.6 is 0 Å². The number of methoxy groups -OCH3 is 1. The van der Waals surface area contributed by atoms with E-state index in [9.17, 15) is 13.2 Å². The quantitative estimate of drug-likeness (QED) is 0.806. The second-order valence-corrected chi connectivity index (χ2v) is 6.81. The van der Waals surface area contributed by atoms with Crippen LogP contribution in [-0.4, -0.2) is 43.1 Å². The number of nitrogen functional groups attached to an aromatic ring is 1. The largest absolute Gasteiger partial charge is 0.497 e. The molecule has 146 valence electrons. The molecular formula is C20H24F3N3O. The van der Waals surface area contributed by atoms with Crippen molar-refractivity contribution in [1.82, 2.24) is 9.80 Å². The number of ether oxygens (including phenoxy) is 1. The Labute approximate surface area is 157 Å². The molecule has 0 spiro atoms. The van der Waals surface area contributed by atoms with Crippen molar-refractivity contribution in [3.8, 4) is 5.75 Å². The first-order valence-electron chi connectivity index (χ1n) is 8.88. The van der Waals surface area contributed by atoms with Crippen molar-refractivity contribution in [2.24, 2.45) is 0 Å². The van der Waals surface area contributed by atoms with Gasteiger partial charge < -0.3 is 10.5 Å². The Balaban J connectivity index is 1.57. The molecule has 27 heavy (non-hydrogen) atoms. The van der Waals surface area contributed by atoms with Crippen LogP contribution in [0.1, 0.15) is 16.7 Å². The fourth-order valence-corrected chi connectivity index (χ4v) is 3.33. The molecule has 1 fully saturated rings. The van der Waals surface area contributed by atoms with E-state index in [0.717, 1.165) is 44.5 Å². The number of nitrogens with zero attached hydrogens (tertiary/aromatic N) is 2. The molecule has 0 unspecified atom stereocenters. The number of alkyl halides is 3. The first-order chi connectivity index (χ1) is 12.8. The SMILES string of the molecule is COc1ccc(CN2CCN(Cc3ccc(N)cc3C(F)(F)F)CC2)cc1. The maximum absolute atomic E-state index is 13.2. The zero-order valence-corrected chi connectivity index (χ0v) is 15.3. The first kappa shape index (κ1) is 19.5. The van der Waals surface area contributed by atoms with Crippen molar-refractivity contribution < 1.29 is 17.9 Å². The molecule has 1 heterocycles. The summed E-state index contributed by atoms with van der Waals surface area (Å²) in [6.45, 7) is 4.22. The van der Waals surface area contributed by atoms with Gasteiger partial charge in [-0.05, 0) is 35.4 Å². The number of hydrogen-bond donors (Lipinski definition) is 1. The van der Waals surface area contributed by atoms with Crippen LogP contribution in [0.4, 0.5) is 18.9 Å². The van der Waals surface area contributed by atoms with Crippen LogP contribution in [0.3, 0.4) is 0 Å². The van der Waals surface area contributed by atoms with Gasteiger partial charge in [0.2, 0.25) is 0 Å². The number of piperazine rings is 1. The smallest absolute Gasteiger partial charge is 0.416 e. The number of halogens is 3. The second kappa shape index (κ2) is 8.19. The molecule has 0 radical (unpaired) electrons. The lowest BCUT2D eigenvalue weighted by molar-refractivity contribution is -0.138. The molecule has 3 rings (SSSR count). The summed E-state index contributed by atoms with van der Waals surface area (Å²) in [5.74, 6) is 0.826. The highest BCUT2D eigenvalue weighted by Crippen LogP contribution is 2.34. The minimum Gasteiger partial charge on any atom is -0.497 e. The molecular weight excluding hydrogens is 355 g/mol. The van der Waals surface area contributed by atoms with Crippen LogP contribution in [-0.2, 0) is 19.3 Å². The summed E-state index contributed by atoms with van der Waals surface area (Å²) < 4.78 is 44.9. The van der Waals surface area contributed by atoms with Crippen molar-refractivity contribution in [1.29, 1.82) is 0 Å². The van der Waals surface area contributed by atoms with E-state index >= 15 is 0 Å². The molecule has 4 nitrogen and oxygen atoms in total. The fourth-order valence-electron chi connectivity index (χ4n) is 3.33. The van der Waals surface area contributed by atoms with Gasteiger partial charge in [0.1, 0.15) is 5.75 Å². The molecule has 0 atom stereocenters. The van der Waals surface area contributed by atoms with Gasteiger partial charge in [0.15, 0.2) is 0 Å². The van der Waals surface area contributed by atoms with Gasteiger partial charge in [-0.15, -0.1) is 0 Å². The number of hydrogen-bond acceptors (Lipinski definition) is 4. The number of benzene rings is 2. The molecule has 0 bridgehead atoms. The topological polar surface area (TPSA) is 41.7 Å². The van der Waals surface area contributed by atoms with E-state index in [-0.39, 0.29) is 17.8 Å². The van der Waals surface area contributed by atoms with Crippen LogP contribution in [0.15, 0.2) is 42.5 Å². The average Bonchev–Trinajstić information content (AvgIpc) is 2.64. The number of nitrogens with two attached hydrogens (primary N) is 1. The third-order valence-corrected chi connectivity index (χ3v) is 4.86. The van der Waals surface area contributed by atoms with Crippen molar-refractivity contribution >= 4 is 5.69 Å². The highest BCUT2D eigenvalue weighted by atomic mass is 19.4. The van der Waals surface area contributed by atoms with Crippen LogP contribution in [0.5, 0.6) is 5.75 Å². The van der Waals surface area contributed by atoms with Crippen molar-refractivity contribution in [3.63, 3.8) is 0 Å². The zero-order chi connectivity index (χ0) is 19.4. The molecule has 0 aliphatic carbocycles. The Morgan fingerprint density at radius 3 is 2.07 bits per heavy atom. The molecule has 0 amide bonds. The Kier molecular flexibility index (Phi) is 5.92. The summed E-state index contributed by atoms with van der Waals surface area (Å²) >= 11 is 0. The Morgan fingerprint density at radius 2 is 1.52 bits per heavy atom. The highest BCUT2D eigenvalue weighted by Gasteiger charge is 2.34. The van der Waals surface area contributed by atoms with Gasteiger partial charge in [0.05, 0.1) is 12.7 Å². The molecule has 2 aromatic carbocycles. The number of rotatable bonds is 5. The summed E-state index contributed by atoms with van der Waals surface area (Å²) in [4.78, 5) is 4.37. The van der Waals surface area contributed by atoms with E-state index in [0.29, 0.717) is 0 Å². The van der Waals surface area contributed by atoms with Gasteiger partial charge >= 0.3 is 6.18 Å². The van der Waals surface area contributed by atoms with Crippen molar-refractivity contribution in [3.05, 3.63) is 59.2 Å². The van der Waals surface area contributed by atoms with E-state index in [2.05, 4.69) is 9.80 Å². The molecule has 7 heteroatoms. The van der Waals surface area contributed by atoms with Gasteiger partial charge in [-0.2, -0.15) is 13.2 Å². The van der Waals surface area contributed by atoms with E-state index < -0.39 is 11.7 Å². The van der Waals surface area contributed by atoms with E-state index in [1.807, 2.05) is 24.3 Å². The van der Waals surface area contributed by atoms with E-state index in [1.54, 1.807) is 7.11 Å². The summed E-state index contributed by atoms with van der Waals surface area (Å²) in [7, 11) is 1.64. The lowest BCUT2D eigenvalue weighted by Gasteiger charge is -2.35. The van der Waals surface area contributed by atoms with Crippen LogP contribution in [0.25, 0.3) is 0 Å². The third kappa shape index (κ3) is 5.14. The standard InChI is InChI=1S/C20H24F3N3O/c1-27-18-6-2-15(3-7-18)13-25-8-10-26(11-9-25)14-16-4-5-17(24)12-19(16)20(21,22)23/h2-7,12H,8-11,13-14,24H2,1H3. The van der Waals surface area contributed by atoms with Crippen LogP contribution in [0, 0.1) is 0 Å².